The Morgan fingerprint density at radius 1 is 0.966 bits per heavy atom. The molecule has 5 N–H and O–H groups in total. The van der Waals surface area contributed by atoms with Gasteiger partial charge in [0.15, 0.2) is 0 Å². The third-order valence-corrected chi connectivity index (χ3v) is 4.48. The molecule has 0 aliphatic rings. The van der Waals surface area contributed by atoms with Crippen molar-refractivity contribution >= 4 is 29.2 Å². The lowest BCUT2D eigenvalue weighted by atomic mass is 9.94. The molecule has 1 atom stereocenters. The van der Waals surface area contributed by atoms with Gasteiger partial charge < -0.3 is 21.6 Å². The van der Waals surface area contributed by atoms with Crippen LogP contribution in [0.4, 0.5) is 5.69 Å². The number of benzene rings is 2. The molecule has 0 aliphatic heterocycles. The van der Waals surface area contributed by atoms with Crippen molar-refractivity contribution in [2.75, 3.05) is 5.32 Å². The van der Waals surface area contributed by atoms with Crippen LogP contribution in [0.25, 0.3) is 0 Å². The summed E-state index contributed by atoms with van der Waals surface area (Å²) in [7, 11) is 0. The molecule has 1 unspecified atom stereocenters. The molecule has 29 heavy (non-hydrogen) atoms. The van der Waals surface area contributed by atoms with Crippen molar-refractivity contribution in [3.8, 4) is 0 Å². The molecule has 0 spiro atoms. The van der Waals surface area contributed by atoms with Crippen LogP contribution in [0.5, 0.6) is 0 Å². The average Bonchev–Trinajstić information content (AvgIpc) is 2.67. The molecule has 0 heterocycles. The van der Waals surface area contributed by atoms with Gasteiger partial charge in [0.25, 0.3) is 0 Å². The monoisotopic (exact) mass is 395 g/mol. The maximum Gasteiger partial charge on any atom is 0.312 e. The Bertz CT molecular complexity index is 881. The molecule has 2 amide bonds. The zero-order chi connectivity index (χ0) is 21.2. The summed E-state index contributed by atoms with van der Waals surface area (Å²) >= 11 is 0. The standard InChI is InChI=1S/C22H25N3O4/c23-19(18(22(28)29)9-11-20(24)26)10-12-21(27)25-17-8-4-7-16(14-17)13-15-5-2-1-3-6-15/h1-8,14,18,23H,9-13H2,(H2,24,26)(H,25,27)(H,28,29). The summed E-state index contributed by atoms with van der Waals surface area (Å²) in [5.74, 6) is -3.21. The molecule has 2 aromatic rings. The van der Waals surface area contributed by atoms with Gasteiger partial charge in [0, 0.05) is 24.2 Å². The molecule has 0 bridgehead atoms. The second-order valence-corrected chi connectivity index (χ2v) is 6.83. The van der Waals surface area contributed by atoms with E-state index in [2.05, 4.69) is 5.32 Å². The Kier molecular flexibility index (Phi) is 8.09. The minimum atomic E-state index is -1.19. The smallest absolute Gasteiger partial charge is 0.312 e. The number of carbonyl (C=O) groups excluding carboxylic acids is 2. The Balaban J connectivity index is 1.88. The van der Waals surface area contributed by atoms with Crippen LogP contribution < -0.4 is 11.1 Å². The third kappa shape index (κ3) is 7.57. The summed E-state index contributed by atoms with van der Waals surface area (Å²) in [5.41, 5.74) is 7.83. The first-order chi connectivity index (χ1) is 13.8. The molecule has 7 nitrogen and oxygen atoms in total. The van der Waals surface area contributed by atoms with Crippen LogP contribution in [-0.2, 0) is 20.8 Å². The van der Waals surface area contributed by atoms with Gasteiger partial charge >= 0.3 is 5.97 Å². The van der Waals surface area contributed by atoms with Gasteiger partial charge in [0.05, 0.1) is 5.92 Å². The Morgan fingerprint density at radius 2 is 1.66 bits per heavy atom. The number of hydrogen-bond donors (Lipinski definition) is 4. The second-order valence-electron chi connectivity index (χ2n) is 6.83. The summed E-state index contributed by atoms with van der Waals surface area (Å²) < 4.78 is 0. The molecule has 0 aromatic heterocycles. The average molecular weight is 395 g/mol. The topological polar surface area (TPSA) is 133 Å². The summed E-state index contributed by atoms with van der Waals surface area (Å²) in [6, 6.07) is 17.5. The van der Waals surface area contributed by atoms with Crippen molar-refractivity contribution in [2.45, 2.75) is 32.1 Å². The summed E-state index contributed by atoms with van der Waals surface area (Å²) in [6.07, 6.45) is 0.592. The molecule has 0 fully saturated rings. The van der Waals surface area contributed by atoms with E-state index >= 15 is 0 Å². The van der Waals surface area contributed by atoms with Gasteiger partial charge in [0.1, 0.15) is 0 Å². The number of hydrogen-bond acceptors (Lipinski definition) is 4. The van der Waals surface area contributed by atoms with Gasteiger partial charge in [-0.25, -0.2) is 0 Å². The first-order valence-electron chi connectivity index (χ1n) is 9.36. The minimum absolute atomic E-state index is 0.00523. The number of primary amides is 1. The van der Waals surface area contributed by atoms with Crippen molar-refractivity contribution in [2.24, 2.45) is 11.7 Å². The Hall–Kier alpha value is -3.48. The molecule has 0 saturated carbocycles. The zero-order valence-corrected chi connectivity index (χ0v) is 16.1. The van der Waals surface area contributed by atoms with Gasteiger partial charge in [-0.1, -0.05) is 42.5 Å². The number of nitrogens with two attached hydrogens (primary N) is 1. The normalized spacial score (nSPS) is 11.4. The van der Waals surface area contributed by atoms with Crippen LogP contribution in [-0.4, -0.2) is 28.6 Å². The molecule has 152 valence electrons. The van der Waals surface area contributed by atoms with Crippen LogP contribution in [0.3, 0.4) is 0 Å². The van der Waals surface area contributed by atoms with Gasteiger partial charge in [-0.2, -0.15) is 0 Å². The van der Waals surface area contributed by atoms with Crippen molar-refractivity contribution < 1.29 is 19.5 Å². The lowest BCUT2D eigenvalue weighted by Crippen LogP contribution is -2.26. The van der Waals surface area contributed by atoms with Crippen molar-refractivity contribution in [3.05, 3.63) is 65.7 Å². The van der Waals surface area contributed by atoms with E-state index in [1.54, 1.807) is 6.07 Å². The molecule has 2 rings (SSSR count). The van der Waals surface area contributed by atoms with Crippen LogP contribution in [0.2, 0.25) is 0 Å². The quantitative estimate of drug-likeness (QED) is 0.435. The number of carboxylic acid groups (broad SMARTS) is 1. The van der Waals surface area contributed by atoms with Crippen LogP contribution in [0.1, 0.15) is 36.8 Å². The number of amides is 2. The highest BCUT2D eigenvalue weighted by Gasteiger charge is 2.23. The summed E-state index contributed by atoms with van der Waals surface area (Å²) in [6.45, 7) is 0. The maximum atomic E-state index is 12.2. The molecule has 0 aliphatic carbocycles. The number of aliphatic carboxylic acids is 1. The van der Waals surface area contributed by atoms with Crippen molar-refractivity contribution in [1.29, 1.82) is 5.41 Å². The van der Waals surface area contributed by atoms with E-state index < -0.39 is 17.8 Å². The Morgan fingerprint density at radius 3 is 2.31 bits per heavy atom. The molecular weight excluding hydrogens is 370 g/mol. The number of carbonyl (C=O) groups is 3. The number of anilines is 1. The SMILES string of the molecule is N=C(CCC(=O)Nc1cccc(Cc2ccccc2)c1)C(CCC(N)=O)C(=O)O. The number of rotatable bonds is 11. The highest BCUT2D eigenvalue weighted by Crippen LogP contribution is 2.16. The van der Waals surface area contributed by atoms with Crippen LogP contribution in [0, 0.1) is 11.3 Å². The number of nitrogens with one attached hydrogen (secondary N) is 2. The number of carboxylic acids is 1. The second kappa shape index (κ2) is 10.8. The van der Waals surface area contributed by atoms with Crippen LogP contribution in [0.15, 0.2) is 54.6 Å². The van der Waals surface area contributed by atoms with E-state index in [1.165, 1.54) is 5.56 Å². The molecule has 2 aromatic carbocycles. The van der Waals surface area contributed by atoms with E-state index in [1.807, 2.05) is 48.5 Å². The summed E-state index contributed by atoms with van der Waals surface area (Å²) in [5, 5.41) is 19.9. The van der Waals surface area contributed by atoms with Crippen molar-refractivity contribution in [3.63, 3.8) is 0 Å². The minimum Gasteiger partial charge on any atom is -0.481 e. The first kappa shape index (κ1) is 21.8. The molecule has 0 saturated heterocycles. The third-order valence-electron chi connectivity index (χ3n) is 4.48. The van der Waals surface area contributed by atoms with E-state index in [0.29, 0.717) is 5.69 Å². The lowest BCUT2D eigenvalue weighted by molar-refractivity contribution is -0.139. The van der Waals surface area contributed by atoms with Gasteiger partial charge in [0.2, 0.25) is 11.8 Å². The van der Waals surface area contributed by atoms with E-state index in [-0.39, 0.29) is 37.3 Å². The highest BCUT2D eigenvalue weighted by atomic mass is 16.4. The maximum absolute atomic E-state index is 12.2. The predicted molar refractivity (Wildman–Crippen MR) is 111 cm³/mol. The highest BCUT2D eigenvalue weighted by molar-refractivity contribution is 6.02. The fourth-order valence-corrected chi connectivity index (χ4v) is 2.97. The van der Waals surface area contributed by atoms with Gasteiger partial charge in [-0.3, -0.25) is 14.4 Å². The van der Waals surface area contributed by atoms with Gasteiger partial charge in [-0.05, 0) is 42.5 Å². The lowest BCUT2D eigenvalue weighted by Gasteiger charge is -2.13. The van der Waals surface area contributed by atoms with Gasteiger partial charge in [-0.15, -0.1) is 0 Å². The molecule has 7 heteroatoms. The Labute approximate surface area is 169 Å². The summed E-state index contributed by atoms with van der Waals surface area (Å²) in [4.78, 5) is 34.4. The first-order valence-corrected chi connectivity index (χ1v) is 9.36. The molecule has 0 radical (unpaired) electrons. The van der Waals surface area contributed by atoms with E-state index in [0.717, 1.165) is 12.0 Å². The largest absolute Gasteiger partial charge is 0.481 e. The fraction of sp³-hybridized carbons (Fsp3) is 0.273. The molecular formula is C22H25N3O4. The van der Waals surface area contributed by atoms with E-state index in [4.69, 9.17) is 11.1 Å². The van der Waals surface area contributed by atoms with E-state index in [9.17, 15) is 19.5 Å². The fourth-order valence-electron chi connectivity index (χ4n) is 2.97. The van der Waals surface area contributed by atoms with Crippen LogP contribution >= 0.6 is 0 Å². The van der Waals surface area contributed by atoms with Crippen molar-refractivity contribution in [1.82, 2.24) is 0 Å². The predicted octanol–water partition coefficient (Wildman–Crippen LogP) is 2.98. The zero-order valence-electron chi connectivity index (χ0n) is 16.1.